The summed E-state index contributed by atoms with van der Waals surface area (Å²) in [6, 6.07) is 13.0. The van der Waals surface area contributed by atoms with E-state index >= 15 is 0 Å². The normalized spacial score (nSPS) is 25.6. The molecule has 0 amide bonds. The summed E-state index contributed by atoms with van der Waals surface area (Å²) in [6.07, 6.45) is 0. The van der Waals surface area contributed by atoms with Gasteiger partial charge in [0.15, 0.2) is 9.84 Å². The molecule has 0 saturated heterocycles. The molecule has 0 radical (unpaired) electrons. The first-order valence-electron chi connectivity index (χ1n) is 7.74. The van der Waals surface area contributed by atoms with Gasteiger partial charge in [0.05, 0.1) is 10.1 Å². The maximum atomic E-state index is 13.1. The highest BCUT2D eigenvalue weighted by molar-refractivity contribution is 7.92. The average molecular weight is 380 g/mol. The van der Waals surface area contributed by atoms with Gasteiger partial charge in [-0.3, -0.25) is 4.79 Å². The number of benzene rings is 2. The van der Waals surface area contributed by atoms with Crippen LogP contribution in [-0.4, -0.2) is 31.3 Å². The Labute approximate surface area is 151 Å². The Hall–Kier alpha value is -1.89. The molecule has 3 N–H and O–H groups in total. The summed E-state index contributed by atoms with van der Waals surface area (Å²) in [7, 11) is -3.86. The molecule has 2 aromatic rings. The lowest BCUT2D eigenvalue weighted by atomic mass is 9.99. The first-order chi connectivity index (χ1) is 11.7. The molecule has 25 heavy (non-hydrogen) atoms. The van der Waals surface area contributed by atoms with Crippen molar-refractivity contribution >= 4 is 27.4 Å². The summed E-state index contributed by atoms with van der Waals surface area (Å²) >= 11 is 6.00. The van der Waals surface area contributed by atoms with Crippen LogP contribution in [0.1, 0.15) is 17.0 Å². The highest BCUT2D eigenvalue weighted by Crippen LogP contribution is 2.63. The second-order valence-corrected chi connectivity index (χ2v) is 8.87. The van der Waals surface area contributed by atoms with E-state index in [1.165, 1.54) is 12.1 Å². The van der Waals surface area contributed by atoms with Gasteiger partial charge in [0.25, 0.3) is 0 Å². The van der Waals surface area contributed by atoms with Crippen molar-refractivity contribution in [2.75, 3.05) is 6.54 Å². The van der Waals surface area contributed by atoms with Gasteiger partial charge in [0.2, 0.25) is 0 Å². The molecule has 1 aliphatic carbocycles. The minimum atomic E-state index is -3.86. The third kappa shape index (κ3) is 2.74. The number of carboxylic acids is 1. The lowest BCUT2D eigenvalue weighted by Crippen LogP contribution is -2.31. The van der Waals surface area contributed by atoms with Crippen molar-refractivity contribution < 1.29 is 18.3 Å². The molecule has 5 nitrogen and oxygen atoms in total. The molecule has 0 unspecified atom stereocenters. The first kappa shape index (κ1) is 17.9. The van der Waals surface area contributed by atoms with E-state index in [0.717, 1.165) is 5.56 Å². The molecular weight excluding hydrogens is 362 g/mol. The number of aliphatic carboxylic acids is 1. The summed E-state index contributed by atoms with van der Waals surface area (Å²) in [5, 5.41) is 9.05. The van der Waals surface area contributed by atoms with E-state index in [1.54, 1.807) is 36.4 Å². The molecule has 0 aromatic heterocycles. The van der Waals surface area contributed by atoms with Crippen molar-refractivity contribution in [2.45, 2.75) is 23.0 Å². The topological polar surface area (TPSA) is 97.5 Å². The second kappa shape index (κ2) is 6.12. The van der Waals surface area contributed by atoms with E-state index in [9.17, 15) is 18.3 Å². The number of hydrogen-bond donors (Lipinski definition) is 2. The standard InChI is InChI=1S/C18H18ClNO4S/c1-11-5-7-14(8-6-11)25(23,24)16-15(18(16,10-20)17(21)22)12-3-2-4-13(19)9-12/h2-9,15-16H,10,20H2,1H3,(H,21,22)/t15-,16-,18+/m1/s1. The number of rotatable bonds is 5. The van der Waals surface area contributed by atoms with E-state index in [0.29, 0.717) is 10.6 Å². The zero-order valence-corrected chi connectivity index (χ0v) is 15.1. The minimum Gasteiger partial charge on any atom is -0.481 e. The fourth-order valence-corrected chi connectivity index (χ4v) is 6.08. The fourth-order valence-electron chi connectivity index (χ4n) is 3.49. The van der Waals surface area contributed by atoms with Gasteiger partial charge in [0.1, 0.15) is 5.41 Å². The molecule has 0 aliphatic heterocycles. The Kier molecular flexibility index (Phi) is 4.39. The Morgan fingerprint density at radius 1 is 1.24 bits per heavy atom. The highest BCUT2D eigenvalue weighted by Gasteiger charge is 2.75. The van der Waals surface area contributed by atoms with Crippen molar-refractivity contribution in [2.24, 2.45) is 11.1 Å². The lowest BCUT2D eigenvalue weighted by Gasteiger charge is -2.10. The van der Waals surface area contributed by atoms with Gasteiger partial charge in [-0.25, -0.2) is 8.42 Å². The van der Waals surface area contributed by atoms with Crippen LogP contribution < -0.4 is 5.73 Å². The van der Waals surface area contributed by atoms with Crippen LogP contribution >= 0.6 is 11.6 Å². The van der Waals surface area contributed by atoms with Crippen LogP contribution in [0.2, 0.25) is 5.02 Å². The summed E-state index contributed by atoms with van der Waals surface area (Å²) in [6.45, 7) is 1.58. The SMILES string of the molecule is Cc1ccc(S(=O)(=O)[C@@H]2[C@@H](c3cccc(Cl)c3)[C@]2(CN)C(=O)O)cc1. The minimum absolute atomic E-state index is 0.103. The van der Waals surface area contributed by atoms with E-state index in [2.05, 4.69) is 0 Å². The number of hydrogen-bond acceptors (Lipinski definition) is 4. The Bertz CT molecular complexity index is 926. The van der Waals surface area contributed by atoms with Crippen molar-refractivity contribution in [3.8, 4) is 0 Å². The van der Waals surface area contributed by atoms with Crippen molar-refractivity contribution in [3.05, 3.63) is 64.7 Å². The van der Waals surface area contributed by atoms with Crippen LogP contribution in [0, 0.1) is 12.3 Å². The number of sulfone groups is 1. The van der Waals surface area contributed by atoms with Crippen molar-refractivity contribution in [1.82, 2.24) is 0 Å². The molecule has 2 aromatic carbocycles. The zero-order valence-electron chi connectivity index (χ0n) is 13.5. The highest BCUT2D eigenvalue weighted by atomic mass is 35.5. The quantitative estimate of drug-likeness (QED) is 0.832. The summed E-state index contributed by atoms with van der Waals surface area (Å²) < 4.78 is 26.2. The van der Waals surface area contributed by atoms with E-state index in [1.807, 2.05) is 6.92 Å². The van der Waals surface area contributed by atoms with Gasteiger partial charge in [-0.05, 0) is 36.8 Å². The largest absolute Gasteiger partial charge is 0.481 e. The number of carboxylic acid groups (broad SMARTS) is 1. The maximum absolute atomic E-state index is 13.1. The monoisotopic (exact) mass is 379 g/mol. The van der Waals surface area contributed by atoms with Gasteiger partial charge in [0, 0.05) is 17.5 Å². The molecule has 0 bridgehead atoms. The van der Waals surface area contributed by atoms with Crippen LogP contribution in [0.3, 0.4) is 0 Å². The predicted molar refractivity (Wildman–Crippen MR) is 95.5 cm³/mol. The molecule has 3 rings (SSSR count). The Balaban J connectivity index is 2.12. The third-order valence-corrected chi connectivity index (χ3v) is 7.41. The predicted octanol–water partition coefficient (Wildman–Crippen LogP) is 2.62. The summed E-state index contributed by atoms with van der Waals surface area (Å²) in [4.78, 5) is 12.1. The number of aryl methyl sites for hydroxylation is 1. The van der Waals surface area contributed by atoms with Crippen LogP contribution in [-0.2, 0) is 14.6 Å². The number of halogens is 1. The van der Waals surface area contributed by atoms with Gasteiger partial charge < -0.3 is 10.8 Å². The number of carbonyl (C=O) groups is 1. The van der Waals surface area contributed by atoms with Crippen molar-refractivity contribution in [1.29, 1.82) is 0 Å². The summed E-state index contributed by atoms with van der Waals surface area (Å²) in [5.41, 5.74) is 5.69. The van der Waals surface area contributed by atoms with Gasteiger partial charge in [-0.1, -0.05) is 41.4 Å². The maximum Gasteiger partial charge on any atom is 0.312 e. The van der Waals surface area contributed by atoms with Gasteiger partial charge >= 0.3 is 5.97 Å². The molecule has 0 heterocycles. The van der Waals surface area contributed by atoms with Crippen LogP contribution in [0.5, 0.6) is 0 Å². The zero-order chi connectivity index (χ0) is 18.4. The fraction of sp³-hybridized carbons (Fsp3) is 0.278. The van der Waals surface area contributed by atoms with Crippen molar-refractivity contribution in [3.63, 3.8) is 0 Å². The van der Waals surface area contributed by atoms with Crippen LogP contribution in [0.25, 0.3) is 0 Å². The molecule has 3 atom stereocenters. The first-order valence-corrected chi connectivity index (χ1v) is 9.67. The second-order valence-electron chi connectivity index (χ2n) is 6.36. The third-order valence-electron chi connectivity index (χ3n) is 4.88. The smallest absolute Gasteiger partial charge is 0.312 e. The molecule has 7 heteroatoms. The Morgan fingerprint density at radius 3 is 2.40 bits per heavy atom. The molecular formula is C18H18ClNO4S. The molecule has 1 aliphatic rings. The van der Waals surface area contributed by atoms with Gasteiger partial charge in [-0.2, -0.15) is 0 Å². The Morgan fingerprint density at radius 2 is 1.88 bits per heavy atom. The molecule has 0 spiro atoms. The molecule has 132 valence electrons. The molecule has 1 saturated carbocycles. The summed E-state index contributed by atoms with van der Waals surface area (Å²) in [5.74, 6) is -1.94. The lowest BCUT2D eigenvalue weighted by molar-refractivity contribution is -0.143. The van der Waals surface area contributed by atoms with E-state index in [4.69, 9.17) is 17.3 Å². The van der Waals surface area contributed by atoms with Gasteiger partial charge in [-0.15, -0.1) is 0 Å². The van der Waals surface area contributed by atoms with E-state index < -0.39 is 32.4 Å². The number of nitrogens with two attached hydrogens (primary N) is 1. The molecule has 1 fully saturated rings. The van der Waals surface area contributed by atoms with Crippen LogP contribution in [0.15, 0.2) is 53.4 Å². The van der Waals surface area contributed by atoms with Crippen LogP contribution in [0.4, 0.5) is 0 Å². The average Bonchev–Trinajstić information content (AvgIpc) is 3.27. The van der Waals surface area contributed by atoms with E-state index in [-0.39, 0.29) is 11.4 Å².